The normalized spacial score (nSPS) is 13.9. The number of hydrogen-bond donors (Lipinski definition) is 0. The van der Waals surface area contributed by atoms with Crippen LogP contribution in [0, 0.1) is 6.42 Å². The molecule has 0 aromatic heterocycles. The molecule has 1 radical (unpaired) electrons. The van der Waals surface area contributed by atoms with E-state index in [1.807, 2.05) is 0 Å². The number of hydrogen-bond acceptors (Lipinski definition) is 0. The molecule has 0 unspecified atom stereocenters. The van der Waals surface area contributed by atoms with E-state index in [-0.39, 0.29) is 0 Å². The van der Waals surface area contributed by atoms with Gasteiger partial charge in [0.15, 0.2) is 0 Å². The lowest BCUT2D eigenvalue weighted by Gasteiger charge is -2.10. The fourth-order valence-corrected chi connectivity index (χ4v) is 2.79. The van der Waals surface area contributed by atoms with Gasteiger partial charge in [0, 0.05) is 6.42 Å². The van der Waals surface area contributed by atoms with Gasteiger partial charge < -0.3 is 0 Å². The van der Waals surface area contributed by atoms with Crippen LogP contribution in [0.15, 0.2) is 54.1 Å². The quantitative estimate of drug-likeness (QED) is 0.676. The van der Waals surface area contributed by atoms with Gasteiger partial charge in [0.1, 0.15) is 0 Å². The average Bonchev–Trinajstić information content (AvgIpc) is 2.76. The standard InChI is InChI=1S/C18H17/c1-3-14-12-16-10-7-11-17(18(16)13(14)2)15-8-5-4-6-9-15/h4-12H,3H2,1-2H3. The zero-order chi connectivity index (χ0) is 12.5. The average molecular weight is 233 g/mol. The van der Waals surface area contributed by atoms with E-state index in [9.17, 15) is 0 Å². The van der Waals surface area contributed by atoms with Gasteiger partial charge in [-0.1, -0.05) is 61.0 Å². The molecule has 0 aliphatic heterocycles. The SMILES string of the molecule is CCC1=C(C)c2c(cccc2-c2ccccc2)[CH]1. The summed E-state index contributed by atoms with van der Waals surface area (Å²) in [5.74, 6) is 0. The first-order valence-corrected chi connectivity index (χ1v) is 6.54. The molecular weight excluding hydrogens is 216 g/mol. The Morgan fingerprint density at radius 2 is 1.67 bits per heavy atom. The smallest absolute Gasteiger partial charge is 0.0167 e. The highest BCUT2D eigenvalue weighted by Gasteiger charge is 2.20. The molecule has 0 nitrogen and oxygen atoms in total. The Bertz CT molecular complexity index is 603. The van der Waals surface area contributed by atoms with E-state index < -0.39 is 0 Å². The maximum atomic E-state index is 2.33. The lowest BCUT2D eigenvalue weighted by atomic mass is 9.94. The number of rotatable bonds is 2. The van der Waals surface area contributed by atoms with E-state index in [1.54, 1.807) is 0 Å². The van der Waals surface area contributed by atoms with Gasteiger partial charge in [-0.05, 0) is 41.2 Å². The van der Waals surface area contributed by atoms with Crippen molar-refractivity contribution in [2.75, 3.05) is 0 Å². The van der Waals surface area contributed by atoms with Crippen molar-refractivity contribution < 1.29 is 0 Å². The minimum Gasteiger partial charge on any atom is -0.0622 e. The molecule has 1 aliphatic carbocycles. The van der Waals surface area contributed by atoms with Crippen molar-refractivity contribution in [2.24, 2.45) is 0 Å². The first-order chi connectivity index (χ1) is 8.81. The molecule has 0 saturated carbocycles. The van der Waals surface area contributed by atoms with Gasteiger partial charge in [0.05, 0.1) is 0 Å². The van der Waals surface area contributed by atoms with Crippen LogP contribution >= 0.6 is 0 Å². The van der Waals surface area contributed by atoms with Crippen LogP contribution in [0.1, 0.15) is 31.4 Å². The van der Waals surface area contributed by atoms with Crippen LogP contribution < -0.4 is 0 Å². The van der Waals surface area contributed by atoms with E-state index in [2.05, 4.69) is 68.8 Å². The van der Waals surface area contributed by atoms with Crippen molar-refractivity contribution in [1.82, 2.24) is 0 Å². The Morgan fingerprint density at radius 3 is 2.39 bits per heavy atom. The van der Waals surface area contributed by atoms with E-state index in [0.717, 1.165) is 6.42 Å². The summed E-state index contributed by atoms with van der Waals surface area (Å²) in [5.41, 5.74) is 8.34. The molecule has 2 aromatic rings. The largest absolute Gasteiger partial charge is 0.0622 e. The van der Waals surface area contributed by atoms with E-state index >= 15 is 0 Å². The van der Waals surface area contributed by atoms with Gasteiger partial charge in [-0.3, -0.25) is 0 Å². The molecule has 0 bridgehead atoms. The summed E-state index contributed by atoms with van der Waals surface area (Å²) >= 11 is 0. The maximum Gasteiger partial charge on any atom is 0.0167 e. The third-order valence-electron chi connectivity index (χ3n) is 3.75. The summed E-state index contributed by atoms with van der Waals surface area (Å²) in [6.45, 7) is 4.47. The Balaban J connectivity index is 2.21. The van der Waals surface area contributed by atoms with Gasteiger partial charge in [0.25, 0.3) is 0 Å². The summed E-state index contributed by atoms with van der Waals surface area (Å²) in [6, 6.07) is 17.3. The van der Waals surface area contributed by atoms with Gasteiger partial charge >= 0.3 is 0 Å². The molecule has 0 heterocycles. The third kappa shape index (κ3) is 1.69. The van der Waals surface area contributed by atoms with E-state index in [0.29, 0.717) is 0 Å². The highest BCUT2D eigenvalue weighted by atomic mass is 14.2. The van der Waals surface area contributed by atoms with Crippen LogP contribution in [-0.4, -0.2) is 0 Å². The molecule has 18 heavy (non-hydrogen) atoms. The molecule has 0 amide bonds. The van der Waals surface area contributed by atoms with E-state index in [4.69, 9.17) is 0 Å². The minimum absolute atomic E-state index is 1.11. The lowest BCUT2D eigenvalue weighted by molar-refractivity contribution is 1.13. The lowest BCUT2D eigenvalue weighted by Crippen LogP contribution is -1.88. The summed E-state index contributed by atoms with van der Waals surface area (Å²) in [7, 11) is 0. The number of allylic oxidation sites excluding steroid dienone is 2. The topological polar surface area (TPSA) is 0 Å². The van der Waals surface area contributed by atoms with Crippen molar-refractivity contribution in [3.05, 3.63) is 71.7 Å². The zero-order valence-corrected chi connectivity index (χ0v) is 10.9. The summed E-state index contributed by atoms with van der Waals surface area (Å²) in [4.78, 5) is 0. The predicted molar refractivity (Wildman–Crippen MR) is 78.2 cm³/mol. The second-order valence-corrected chi connectivity index (χ2v) is 4.78. The van der Waals surface area contributed by atoms with Crippen molar-refractivity contribution in [1.29, 1.82) is 0 Å². The predicted octanol–water partition coefficient (Wildman–Crippen LogP) is 5.10. The van der Waals surface area contributed by atoms with Gasteiger partial charge in [-0.15, -0.1) is 0 Å². The molecule has 0 atom stereocenters. The van der Waals surface area contributed by atoms with Crippen molar-refractivity contribution in [3.63, 3.8) is 0 Å². The summed E-state index contributed by atoms with van der Waals surface area (Å²) < 4.78 is 0. The Kier molecular flexibility index (Phi) is 2.79. The summed E-state index contributed by atoms with van der Waals surface area (Å²) in [6.07, 6.45) is 3.44. The fourth-order valence-electron chi connectivity index (χ4n) is 2.79. The van der Waals surface area contributed by atoms with Gasteiger partial charge in [0.2, 0.25) is 0 Å². The molecule has 0 N–H and O–H groups in total. The minimum atomic E-state index is 1.11. The van der Waals surface area contributed by atoms with Crippen LogP contribution in [0.25, 0.3) is 16.7 Å². The van der Waals surface area contributed by atoms with Crippen LogP contribution in [0.2, 0.25) is 0 Å². The van der Waals surface area contributed by atoms with Crippen molar-refractivity contribution in [2.45, 2.75) is 20.3 Å². The molecule has 0 heteroatoms. The highest BCUT2D eigenvalue weighted by molar-refractivity contribution is 5.89. The fraction of sp³-hybridized carbons (Fsp3) is 0.167. The number of fused-ring (bicyclic) bond motifs is 1. The monoisotopic (exact) mass is 233 g/mol. The van der Waals surface area contributed by atoms with Gasteiger partial charge in [-0.25, -0.2) is 0 Å². The second-order valence-electron chi connectivity index (χ2n) is 4.78. The molecule has 89 valence electrons. The van der Waals surface area contributed by atoms with Crippen LogP contribution in [-0.2, 0) is 0 Å². The molecular formula is C18H17. The van der Waals surface area contributed by atoms with Crippen LogP contribution in [0.5, 0.6) is 0 Å². The Morgan fingerprint density at radius 1 is 0.889 bits per heavy atom. The number of benzene rings is 2. The second kappa shape index (κ2) is 4.45. The van der Waals surface area contributed by atoms with Gasteiger partial charge in [-0.2, -0.15) is 0 Å². The highest BCUT2D eigenvalue weighted by Crippen LogP contribution is 2.41. The maximum absolute atomic E-state index is 2.33. The van der Waals surface area contributed by atoms with Crippen LogP contribution in [0.3, 0.4) is 0 Å². The molecule has 2 aromatic carbocycles. The molecule has 3 rings (SSSR count). The Hall–Kier alpha value is -1.82. The zero-order valence-electron chi connectivity index (χ0n) is 10.9. The van der Waals surface area contributed by atoms with Crippen LogP contribution in [0.4, 0.5) is 0 Å². The molecule has 0 fully saturated rings. The molecule has 1 aliphatic rings. The summed E-state index contributed by atoms with van der Waals surface area (Å²) in [5, 5.41) is 0. The van der Waals surface area contributed by atoms with E-state index in [1.165, 1.54) is 33.4 Å². The Labute approximate surface area is 109 Å². The molecule has 0 saturated heterocycles. The van der Waals surface area contributed by atoms with Crippen molar-refractivity contribution in [3.8, 4) is 11.1 Å². The first kappa shape index (κ1) is 11.3. The third-order valence-corrected chi connectivity index (χ3v) is 3.75. The van der Waals surface area contributed by atoms with Crippen molar-refractivity contribution >= 4 is 5.57 Å². The first-order valence-electron chi connectivity index (χ1n) is 6.54. The molecule has 0 spiro atoms.